The van der Waals surface area contributed by atoms with E-state index in [0.717, 1.165) is 81.3 Å². The van der Waals surface area contributed by atoms with Crippen LogP contribution in [0.15, 0.2) is 58.9 Å². The lowest BCUT2D eigenvalue weighted by Crippen LogP contribution is -2.42. The van der Waals surface area contributed by atoms with E-state index in [0.29, 0.717) is 25.6 Å². The van der Waals surface area contributed by atoms with Crippen molar-refractivity contribution in [2.24, 2.45) is 9.98 Å². The molecule has 11 heteroatoms. The van der Waals surface area contributed by atoms with Crippen molar-refractivity contribution in [2.45, 2.75) is 32.7 Å². The Morgan fingerprint density at radius 1 is 1.05 bits per heavy atom. The van der Waals surface area contributed by atoms with E-state index in [1.165, 1.54) is 5.56 Å². The Morgan fingerprint density at radius 3 is 2.37 bits per heavy atom. The van der Waals surface area contributed by atoms with Gasteiger partial charge in [-0.2, -0.15) is 4.99 Å². The molecule has 0 unspecified atom stereocenters. The van der Waals surface area contributed by atoms with Crippen molar-refractivity contribution in [2.75, 3.05) is 64.9 Å². The van der Waals surface area contributed by atoms with Crippen molar-refractivity contribution in [1.29, 1.82) is 0 Å². The summed E-state index contributed by atoms with van der Waals surface area (Å²) in [6.45, 7) is 13.6. The normalized spacial score (nSPS) is 16.2. The molecule has 2 aromatic heterocycles. The first kappa shape index (κ1) is 30.3. The molecule has 3 aromatic rings. The molecule has 5 rings (SSSR count). The van der Waals surface area contributed by atoms with E-state index < -0.39 is 0 Å². The number of alkyl halides is 1. The number of halogens is 1. The minimum absolute atomic E-state index is 0.156. The largest absolute Gasteiger partial charge is 0.378 e. The number of piperazine rings is 1. The van der Waals surface area contributed by atoms with Gasteiger partial charge in [0, 0.05) is 82.1 Å². The van der Waals surface area contributed by atoms with E-state index >= 15 is 0 Å². The van der Waals surface area contributed by atoms with Gasteiger partial charge in [0.1, 0.15) is 5.82 Å². The van der Waals surface area contributed by atoms with Crippen LogP contribution in [0.25, 0.3) is 5.69 Å². The van der Waals surface area contributed by atoms with Gasteiger partial charge in [-0.15, -0.1) is 0 Å². The maximum Gasteiger partial charge on any atom is 0.226 e. The molecular formula is C30H42FN9O. The highest BCUT2D eigenvalue weighted by atomic mass is 19.1. The number of rotatable bonds is 8. The molecule has 0 aliphatic carbocycles. The van der Waals surface area contributed by atoms with E-state index in [-0.39, 0.29) is 12.6 Å². The van der Waals surface area contributed by atoms with Crippen molar-refractivity contribution in [3.05, 3.63) is 65.6 Å². The summed E-state index contributed by atoms with van der Waals surface area (Å²) >= 11 is 0. The van der Waals surface area contributed by atoms with Gasteiger partial charge in [0.15, 0.2) is 0 Å². The Morgan fingerprint density at radius 2 is 1.76 bits per heavy atom. The number of ether oxygens (including phenoxy) is 1. The standard InChI is InChI=1S/C26H33N9O.C4H9F/c1-28-26(34-12-14-36-15-13-34)32-24-22(16-21-17-30-25(27)31-18-21)6-9-35(24)23-4-2-20(3-5-23)19-33-10-7-29-8-11-33;1-2-3-4-5/h2-6,9,17-18,29H,1,7-8,10-16,19H2,(H2,27,30,31);2-4H2,1H3/b32-26+;. The SMILES string of the molecule is C=N/C(=N\c1c(Cc2cnc(N)nc2)ccn1-c1ccc(CN2CCNCC2)cc1)N1CCOCC1.CCCCF. The molecule has 41 heavy (non-hydrogen) atoms. The molecule has 0 atom stereocenters. The fourth-order valence-electron chi connectivity index (χ4n) is 4.70. The second kappa shape index (κ2) is 15.9. The summed E-state index contributed by atoms with van der Waals surface area (Å²) < 4.78 is 18.6. The lowest BCUT2D eigenvalue weighted by atomic mass is 10.1. The van der Waals surface area contributed by atoms with Gasteiger partial charge in [0.2, 0.25) is 11.9 Å². The first-order chi connectivity index (χ1) is 20.1. The molecule has 1 aromatic carbocycles. The average molecular weight is 564 g/mol. The van der Waals surface area contributed by atoms with Gasteiger partial charge < -0.3 is 25.3 Å². The maximum absolute atomic E-state index is 11.0. The Balaban J connectivity index is 0.000000714. The van der Waals surface area contributed by atoms with Crippen molar-refractivity contribution < 1.29 is 9.13 Å². The lowest BCUT2D eigenvalue weighted by molar-refractivity contribution is 0.0676. The van der Waals surface area contributed by atoms with E-state index in [2.05, 4.69) is 77.9 Å². The Bertz CT molecular complexity index is 1230. The van der Waals surface area contributed by atoms with Crippen LogP contribution in [0.3, 0.4) is 0 Å². The van der Waals surface area contributed by atoms with Gasteiger partial charge in [-0.05, 0) is 42.5 Å². The zero-order chi connectivity index (χ0) is 28.9. The fourth-order valence-corrected chi connectivity index (χ4v) is 4.70. The summed E-state index contributed by atoms with van der Waals surface area (Å²) in [5.41, 5.74) is 10.0. The number of aromatic nitrogens is 3. The molecule has 0 saturated carbocycles. The van der Waals surface area contributed by atoms with Crippen LogP contribution < -0.4 is 11.1 Å². The number of hydrogen-bond donors (Lipinski definition) is 2. The quantitative estimate of drug-likeness (QED) is 0.318. The summed E-state index contributed by atoms with van der Waals surface area (Å²) in [7, 11) is 0. The number of nitrogen functional groups attached to an aromatic ring is 1. The maximum atomic E-state index is 11.0. The number of guanidine groups is 1. The summed E-state index contributed by atoms with van der Waals surface area (Å²) in [5, 5.41) is 3.41. The summed E-state index contributed by atoms with van der Waals surface area (Å²) in [6.07, 6.45) is 7.88. The number of anilines is 1. The highest BCUT2D eigenvalue weighted by Gasteiger charge is 2.18. The van der Waals surface area contributed by atoms with Crippen molar-refractivity contribution in [3.8, 4) is 5.69 Å². The second-order valence-corrected chi connectivity index (χ2v) is 10.1. The van der Waals surface area contributed by atoms with Crippen LogP contribution >= 0.6 is 0 Å². The van der Waals surface area contributed by atoms with Crippen LogP contribution in [0.2, 0.25) is 0 Å². The van der Waals surface area contributed by atoms with Crippen LogP contribution in [0, 0.1) is 0 Å². The van der Waals surface area contributed by atoms with Crippen molar-refractivity contribution in [3.63, 3.8) is 0 Å². The fraction of sp³-hybridized carbons (Fsp3) is 0.467. The topological polar surface area (TPSA) is 109 Å². The molecular weight excluding hydrogens is 521 g/mol. The summed E-state index contributed by atoms with van der Waals surface area (Å²) in [5.74, 6) is 1.68. The van der Waals surface area contributed by atoms with Crippen LogP contribution in [0.4, 0.5) is 16.2 Å². The Hall–Kier alpha value is -3.67. The second-order valence-electron chi connectivity index (χ2n) is 10.1. The number of unbranched alkanes of at least 4 members (excludes halogenated alkanes) is 1. The van der Waals surface area contributed by atoms with Crippen molar-refractivity contribution in [1.82, 2.24) is 29.7 Å². The Labute approximate surface area is 242 Å². The molecule has 220 valence electrons. The molecule has 2 aliphatic rings. The predicted octanol–water partition coefficient (Wildman–Crippen LogP) is 3.62. The molecule has 0 bridgehead atoms. The monoisotopic (exact) mass is 563 g/mol. The molecule has 2 saturated heterocycles. The first-order valence-electron chi connectivity index (χ1n) is 14.3. The highest BCUT2D eigenvalue weighted by Crippen LogP contribution is 2.28. The molecule has 10 nitrogen and oxygen atoms in total. The summed E-state index contributed by atoms with van der Waals surface area (Å²) in [4.78, 5) is 22.2. The number of nitrogens with one attached hydrogen (secondary N) is 1. The Kier molecular flexibility index (Phi) is 11.8. The molecule has 4 heterocycles. The third-order valence-corrected chi connectivity index (χ3v) is 7.02. The van der Waals surface area contributed by atoms with E-state index in [1.54, 1.807) is 12.4 Å². The molecule has 0 radical (unpaired) electrons. The molecule has 2 aliphatic heterocycles. The molecule has 2 fully saturated rings. The summed E-state index contributed by atoms with van der Waals surface area (Å²) in [6, 6.07) is 10.8. The minimum atomic E-state index is -0.156. The van der Waals surface area contributed by atoms with Gasteiger partial charge in [-0.1, -0.05) is 25.5 Å². The molecule has 3 N–H and O–H groups in total. The van der Waals surface area contributed by atoms with Gasteiger partial charge in [0.05, 0.1) is 19.9 Å². The van der Waals surface area contributed by atoms with E-state index in [9.17, 15) is 4.39 Å². The number of hydrogen-bond acceptors (Lipinski definition) is 7. The van der Waals surface area contributed by atoms with E-state index in [1.807, 2.05) is 6.92 Å². The predicted molar refractivity (Wildman–Crippen MR) is 163 cm³/mol. The van der Waals surface area contributed by atoms with Crippen LogP contribution in [0.1, 0.15) is 36.5 Å². The van der Waals surface area contributed by atoms with E-state index in [4.69, 9.17) is 15.5 Å². The third-order valence-electron chi connectivity index (χ3n) is 7.02. The van der Waals surface area contributed by atoms with Gasteiger partial charge in [-0.3, -0.25) is 9.29 Å². The number of benzene rings is 1. The molecule has 0 amide bonds. The first-order valence-corrected chi connectivity index (χ1v) is 14.3. The van der Waals surface area contributed by atoms with Crippen LogP contribution in [0.5, 0.6) is 0 Å². The number of aliphatic imine (C=N–C) groups is 2. The third kappa shape index (κ3) is 8.91. The lowest BCUT2D eigenvalue weighted by Gasteiger charge is -2.27. The zero-order valence-electron chi connectivity index (χ0n) is 24.0. The van der Waals surface area contributed by atoms with Gasteiger partial charge >= 0.3 is 0 Å². The van der Waals surface area contributed by atoms with Crippen LogP contribution in [-0.2, 0) is 17.7 Å². The zero-order valence-corrected chi connectivity index (χ0v) is 24.0. The smallest absolute Gasteiger partial charge is 0.226 e. The average Bonchev–Trinajstić information content (AvgIpc) is 3.40. The highest BCUT2D eigenvalue weighted by molar-refractivity contribution is 5.86. The minimum Gasteiger partial charge on any atom is -0.378 e. The van der Waals surface area contributed by atoms with Crippen LogP contribution in [-0.4, -0.2) is 96.2 Å². The molecule has 0 spiro atoms. The van der Waals surface area contributed by atoms with Crippen molar-refractivity contribution >= 4 is 24.4 Å². The number of morpholine rings is 1. The number of nitrogens with two attached hydrogens (primary N) is 1. The number of nitrogens with zero attached hydrogens (tertiary/aromatic N) is 7. The van der Waals surface area contributed by atoms with Gasteiger partial charge in [0.25, 0.3) is 0 Å². The van der Waals surface area contributed by atoms with Gasteiger partial charge in [-0.25, -0.2) is 15.0 Å².